The number of amides is 1. The van der Waals surface area contributed by atoms with Crippen molar-refractivity contribution in [2.45, 2.75) is 183 Å². The predicted molar refractivity (Wildman–Crippen MR) is 345 cm³/mol. The molecule has 8 aliphatic carbocycles. The summed E-state index contributed by atoms with van der Waals surface area (Å²) in [6.07, 6.45) is 18.6. The number of hydrogen-bond acceptors (Lipinski definition) is 7. The zero-order valence-electron chi connectivity index (χ0n) is 51.3. The van der Waals surface area contributed by atoms with Crippen LogP contribution in [0.5, 0.6) is 11.5 Å². The summed E-state index contributed by atoms with van der Waals surface area (Å²) in [5.74, 6) is 11.7. The number of aliphatic hydroxyl groups is 2. The first-order valence-electron chi connectivity index (χ1n) is 30.2. The van der Waals surface area contributed by atoms with E-state index in [0.717, 1.165) is 107 Å². The summed E-state index contributed by atoms with van der Waals surface area (Å²) >= 11 is 3.32. The average molecular weight is 1150 g/mol. The number of halogens is 1. The maximum Gasteiger partial charge on any atom is 1.00 e. The summed E-state index contributed by atoms with van der Waals surface area (Å²) in [4.78, 5) is 31.6. The van der Waals surface area contributed by atoms with Crippen LogP contribution in [0.4, 0.5) is 0 Å². The minimum Gasteiger partial charge on any atom is -0.497 e. The van der Waals surface area contributed by atoms with Gasteiger partial charge in [0.1, 0.15) is 11.5 Å². The van der Waals surface area contributed by atoms with Crippen LogP contribution >= 0.6 is 15.9 Å². The topological polar surface area (TPSA) is 106 Å². The van der Waals surface area contributed by atoms with Gasteiger partial charge in [0.15, 0.2) is 5.78 Å². The van der Waals surface area contributed by atoms with Crippen molar-refractivity contribution in [3.8, 4) is 11.5 Å². The molecule has 8 saturated carbocycles. The molecule has 0 saturated heterocycles. The fourth-order valence-corrected chi connectivity index (χ4v) is 17.9. The summed E-state index contributed by atoms with van der Waals surface area (Å²) in [6, 6.07) is 15.4. The van der Waals surface area contributed by atoms with Gasteiger partial charge in [0.25, 0.3) is 0 Å². The number of ether oxygens (including phenoxy) is 2. The predicted octanol–water partition coefficient (Wildman–Crippen LogP) is 7.83. The van der Waals surface area contributed by atoms with Crippen molar-refractivity contribution >= 4 is 99.6 Å². The standard InChI is InChI=1S/C27H38O3.C22H37NO3.C7H7BrO.C4H9.CH4.B10.Li/c1-26(29)14-12-20-18(16-26)6-9-22-21(20)13-15-27(2)23(22)10-11-24(27)25(28)17-4-7-19(30-3)8-5-17;1-21(25)11-9-15-14(13-21)5-6-17-16(15)10-12-22(2)18(17)7-8-19(22)20(24)23(3)26-4;1-9-7-4-2-6(8)3-5-7;1-4(2)3;;1-7(2)10(8(3)4)9(5)6;/h4-5,7-8,18,20-24,29H,6,9-16H2,1-3H3;14-19,25H,5-13H2,1-4H3;2-5H,1H3;1-3H3;1H4;;/q;;;-1;;;+1/t18-,20-,21+,22+,23-,24+,26+,27-;14-,15-,16+,17+,18-,19+,21+,22-;;;;;/m00...../s1. The Morgan fingerprint density at radius 2 is 0.938 bits per heavy atom. The zero-order valence-corrected chi connectivity index (χ0v) is 52.9. The monoisotopic (exact) mass is 1150 g/mol. The number of fused-ring (bicyclic) bond motifs is 10. The molecular weight excluding hydrogens is 1050 g/mol. The molecule has 2 N–H and O–H groups in total. The molecule has 16 atom stereocenters. The van der Waals surface area contributed by atoms with Crippen molar-refractivity contribution in [2.24, 2.45) is 81.8 Å². The van der Waals surface area contributed by atoms with Gasteiger partial charge in [-0.2, -0.15) is 20.8 Å². The van der Waals surface area contributed by atoms with Gasteiger partial charge < -0.3 is 25.6 Å². The van der Waals surface area contributed by atoms with Gasteiger partial charge in [-0.05, 0) is 248 Å². The number of benzene rings is 2. The average Bonchev–Trinajstić information content (AvgIpc) is 3.94. The molecule has 0 aliphatic heterocycles. The second-order valence-electron chi connectivity index (χ2n) is 27.3. The van der Waals surface area contributed by atoms with Crippen LogP contribution < -0.4 is 28.3 Å². The number of hydroxylamine groups is 2. The molecule has 20 heteroatoms. The number of carbonyl (C=O) groups excluding carboxylic acids is 2. The second-order valence-corrected chi connectivity index (χ2v) is 28.2. The summed E-state index contributed by atoms with van der Waals surface area (Å²) in [7, 11) is 38.4. The Bertz CT molecular complexity index is 2230. The molecule has 81 heavy (non-hydrogen) atoms. The van der Waals surface area contributed by atoms with Crippen molar-refractivity contribution in [1.82, 2.24) is 5.06 Å². The van der Waals surface area contributed by atoms with Crippen LogP contribution in [-0.2, 0) is 9.63 Å². The fourth-order valence-electron chi connectivity index (χ4n) is 17.6. The summed E-state index contributed by atoms with van der Waals surface area (Å²) in [5.41, 5.74) is 0.277. The van der Waals surface area contributed by atoms with Gasteiger partial charge in [-0.15, -0.1) is 0 Å². The molecule has 2 aromatic rings. The molecule has 10 rings (SSSR count). The van der Waals surface area contributed by atoms with E-state index < -0.39 is 36.7 Å². The Kier molecular flexibility index (Phi) is 27.8. The molecule has 1 amide bonds. The van der Waals surface area contributed by atoms with Crippen LogP contribution in [-0.4, -0.2) is 139 Å². The van der Waals surface area contributed by atoms with Gasteiger partial charge in [-0.3, -0.25) is 14.4 Å². The number of methoxy groups -OCH3 is 2. The number of nitrogens with zero attached hydrogens (tertiary/aromatic N) is 1. The van der Waals surface area contributed by atoms with Crippen molar-refractivity contribution in [3.05, 3.63) is 64.5 Å². The minimum atomic E-state index is -0.667. The molecular formula is C61H95B10BrLiNO7. The molecule has 2 aromatic carbocycles. The van der Waals surface area contributed by atoms with E-state index in [9.17, 15) is 19.8 Å². The van der Waals surface area contributed by atoms with Crippen LogP contribution in [0.1, 0.15) is 182 Å². The molecule has 0 bridgehead atoms. The Balaban J connectivity index is 0.000000249. The van der Waals surface area contributed by atoms with Crippen molar-refractivity contribution in [2.75, 3.05) is 28.4 Å². The van der Waals surface area contributed by atoms with Crippen LogP contribution in [0.3, 0.4) is 0 Å². The van der Waals surface area contributed by atoms with E-state index in [1.165, 1.54) is 88.0 Å². The van der Waals surface area contributed by atoms with E-state index in [0.29, 0.717) is 17.6 Å². The third kappa shape index (κ3) is 17.5. The fraction of sp³-hybridized carbons (Fsp3) is 0.754. The van der Waals surface area contributed by atoms with Gasteiger partial charge in [0.2, 0.25) is 5.91 Å². The Hall–Kier alpha value is -1.21. The first-order valence-corrected chi connectivity index (χ1v) is 31.0. The third-order valence-electron chi connectivity index (χ3n) is 21.4. The normalized spacial score (nSPS) is 35.4. The van der Waals surface area contributed by atoms with Crippen LogP contribution in [0.25, 0.3) is 0 Å². The number of rotatable bonds is 9. The number of ketones is 1. The van der Waals surface area contributed by atoms with Crippen molar-refractivity contribution < 1.29 is 53.0 Å². The van der Waals surface area contributed by atoms with Gasteiger partial charge in [-0.1, -0.05) is 37.2 Å². The van der Waals surface area contributed by atoms with E-state index in [1.807, 2.05) is 62.4 Å². The van der Waals surface area contributed by atoms with Crippen LogP contribution in [0, 0.1) is 87.8 Å². The second kappa shape index (κ2) is 31.1. The van der Waals surface area contributed by atoms with Crippen LogP contribution in [0.2, 0.25) is 0 Å². The maximum absolute atomic E-state index is 13.5. The van der Waals surface area contributed by atoms with E-state index in [1.54, 1.807) is 28.4 Å². The Morgan fingerprint density at radius 1 is 0.568 bits per heavy atom. The molecule has 0 spiro atoms. The zero-order chi connectivity index (χ0) is 58.4. The van der Waals surface area contributed by atoms with Gasteiger partial charge in [-0.25, -0.2) is 5.06 Å². The molecule has 12 radical (unpaired) electrons. The quantitative estimate of drug-likeness (QED) is 0.114. The minimum absolute atomic E-state index is 0. The number of Topliss-reactive ketones (excluding diaryl/α,β-unsaturated/α-hetero) is 1. The number of carbonyl (C=O) groups is 2. The molecule has 0 aromatic heterocycles. The van der Waals surface area contributed by atoms with E-state index in [4.69, 9.17) is 60.7 Å². The van der Waals surface area contributed by atoms with E-state index >= 15 is 0 Å². The smallest absolute Gasteiger partial charge is 0.497 e. The van der Waals surface area contributed by atoms with Gasteiger partial charge in [0.05, 0.1) is 32.5 Å². The SMILES string of the molecule is C.CON(C)C(=O)[C@H]1CC[C@H]2[C@@H]3CC[C@H]4C[C@](C)(O)CC[C@@H]4[C@H]3CC[C@]12C.COc1ccc(Br)cc1.COc1ccc(C(=O)[C@H]2CC[C@H]3[C@@H]4CC[C@H]5C[C@](C)(O)CC[C@@H]5[C@H]4CC[C@]23C)cc1.C[C-](C)C.[B]B([B])B(B([B])[B])B([B])[B].[Li+]. The van der Waals surface area contributed by atoms with Crippen molar-refractivity contribution in [3.63, 3.8) is 0 Å². The summed E-state index contributed by atoms with van der Waals surface area (Å²) in [5, 5.41) is 22.6. The Labute approximate surface area is 523 Å². The van der Waals surface area contributed by atoms with Crippen LogP contribution in [0.15, 0.2) is 53.0 Å². The van der Waals surface area contributed by atoms with Crippen molar-refractivity contribution in [1.29, 1.82) is 0 Å². The molecule has 8 aliphatic rings. The largest absolute Gasteiger partial charge is 1.00 e. The van der Waals surface area contributed by atoms with E-state index in [-0.39, 0.29) is 54.9 Å². The molecule has 0 heterocycles. The molecule has 8 nitrogen and oxygen atoms in total. The maximum atomic E-state index is 13.5. The van der Waals surface area contributed by atoms with E-state index in [2.05, 4.69) is 50.5 Å². The molecule has 0 unspecified atom stereocenters. The van der Waals surface area contributed by atoms with Gasteiger partial charge in [0, 0.05) is 101 Å². The summed E-state index contributed by atoms with van der Waals surface area (Å²) in [6.45, 7) is 15.2. The molecule has 424 valence electrons. The third-order valence-corrected chi connectivity index (χ3v) is 22.0. The number of hydrogen-bond donors (Lipinski definition) is 2. The first-order chi connectivity index (χ1) is 37.1. The summed E-state index contributed by atoms with van der Waals surface area (Å²) < 4.78 is 11.3. The first kappa shape index (κ1) is 72.3. The van der Waals surface area contributed by atoms with Gasteiger partial charge >= 0.3 is 18.9 Å². The molecule has 8 fully saturated rings. The Morgan fingerprint density at radius 3 is 1.31 bits per heavy atom.